The van der Waals surface area contributed by atoms with Gasteiger partial charge in [0.2, 0.25) is 0 Å². The van der Waals surface area contributed by atoms with Crippen molar-refractivity contribution in [1.82, 2.24) is 10.3 Å². The van der Waals surface area contributed by atoms with Crippen molar-refractivity contribution < 1.29 is 9.53 Å². The number of amides is 1. The van der Waals surface area contributed by atoms with Crippen LogP contribution in [-0.2, 0) is 9.53 Å². The van der Waals surface area contributed by atoms with Crippen molar-refractivity contribution in [2.75, 3.05) is 7.05 Å². The molecule has 1 saturated heterocycles. The number of aromatic amines is 1. The summed E-state index contributed by atoms with van der Waals surface area (Å²) in [6.45, 7) is 4.06. The molecule has 3 rings (SSSR count). The Balaban J connectivity index is 1.99. The number of para-hydroxylation sites is 1. The zero-order valence-corrected chi connectivity index (χ0v) is 11.7. The van der Waals surface area contributed by atoms with E-state index in [0.717, 1.165) is 16.5 Å². The Labute approximate surface area is 117 Å². The lowest BCUT2D eigenvalue weighted by Gasteiger charge is -2.15. The quantitative estimate of drug-likeness (QED) is 0.878. The van der Waals surface area contributed by atoms with E-state index < -0.39 is 6.10 Å². The zero-order chi connectivity index (χ0) is 14.3. The van der Waals surface area contributed by atoms with Gasteiger partial charge in [0.25, 0.3) is 11.9 Å². The van der Waals surface area contributed by atoms with Crippen LogP contribution < -0.4 is 5.32 Å². The summed E-state index contributed by atoms with van der Waals surface area (Å²) in [6, 6.07) is 6.44. The Morgan fingerprint density at radius 3 is 2.90 bits per heavy atom. The highest BCUT2D eigenvalue weighted by molar-refractivity contribution is 6.02. The Bertz CT molecular complexity index is 702. The number of carbonyl (C=O) groups is 1. The highest BCUT2D eigenvalue weighted by atomic mass is 16.5. The number of aliphatic imine (C=N–C) groups is 1. The summed E-state index contributed by atoms with van der Waals surface area (Å²) in [7, 11) is 1.59. The van der Waals surface area contributed by atoms with E-state index in [4.69, 9.17) is 4.74 Å². The largest absolute Gasteiger partial charge is 0.451 e. The van der Waals surface area contributed by atoms with E-state index in [2.05, 4.69) is 34.3 Å². The first kappa shape index (κ1) is 12.7. The second kappa shape index (κ2) is 4.67. The number of benzene rings is 1. The van der Waals surface area contributed by atoms with E-state index in [1.54, 1.807) is 7.05 Å². The number of ether oxygens (including phenoxy) is 1. The van der Waals surface area contributed by atoms with E-state index in [1.807, 2.05) is 19.2 Å². The molecule has 0 aliphatic carbocycles. The van der Waals surface area contributed by atoms with Gasteiger partial charge in [0, 0.05) is 30.1 Å². The van der Waals surface area contributed by atoms with Crippen molar-refractivity contribution in [3.05, 3.63) is 35.5 Å². The average molecular weight is 271 g/mol. The van der Waals surface area contributed by atoms with E-state index >= 15 is 0 Å². The molecule has 1 aliphatic rings. The number of H-pyrrole nitrogens is 1. The third kappa shape index (κ3) is 1.86. The topological polar surface area (TPSA) is 66.5 Å². The Morgan fingerprint density at radius 2 is 2.20 bits per heavy atom. The number of hydrogen-bond donors (Lipinski definition) is 2. The molecule has 0 bridgehead atoms. The maximum Gasteiger partial charge on any atom is 0.292 e. The SMILES string of the molecule is CN=C1NC(=O)C(C(C)c2c[nH]c3c(C)cccc23)O1. The van der Waals surface area contributed by atoms with Gasteiger partial charge < -0.3 is 9.72 Å². The van der Waals surface area contributed by atoms with E-state index in [9.17, 15) is 4.79 Å². The molecule has 20 heavy (non-hydrogen) atoms. The second-order valence-corrected chi connectivity index (χ2v) is 5.09. The minimum absolute atomic E-state index is 0.0511. The zero-order valence-electron chi connectivity index (χ0n) is 11.7. The van der Waals surface area contributed by atoms with Crippen LogP contribution in [0, 0.1) is 6.92 Å². The highest BCUT2D eigenvalue weighted by Crippen LogP contribution is 2.31. The molecule has 1 aliphatic heterocycles. The van der Waals surface area contributed by atoms with Crippen LogP contribution in [0.4, 0.5) is 0 Å². The Morgan fingerprint density at radius 1 is 1.40 bits per heavy atom. The summed E-state index contributed by atoms with van der Waals surface area (Å²) < 4.78 is 5.56. The fraction of sp³-hybridized carbons (Fsp3) is 0.333. The fourth-order valence-electron chi connectivity index (χ4n) is 2.68. The summed E-state index contributed by atoms with van der Waals surface area (Å²) in [6.07, 6.45) is 1.42. The third-order valence-electron chi connectivity index (χ3n) is 3.83. The first-order valence-electron chi connectivity index (χ1n) is 6.62. The second-order valence-electron chi connectivity index (χ2n) is 5.09. The molecule has 0 saturated carbocycles. The van der Waals surface area contributed by atoms with Crippen LogP contribution in [0.3, 0.4) is 0 Å². The van der Waals surface area contributed by atoms with Gasteiger partial charge in [0.15, 0.2) is 6.10 Å². The van der Waals surface area contributed by atoms with Crippen LogP contribution in [0.25, 0.3) is 10.9 Å². The number of nitrogens with zero attached hydrogens (tertiary/aromatic N) is 1. The molecule has 2 heterocycles. The number of nitrogens with one attached hydrogen (secondary N) is 2. The highest BCUT2D eigenvalue weighted by Gasteiger charge is 2.36. The maximum absolute atomic E-state index is 12.0. The van der Waals surface area contributed by atoms with Gasteiger partial charge in [0.1, 0.15) is 0 Å². The molecule has 1 fully saturated rings. The third-order valence-corrected chi connectivity index (χ3v) is 3.83. The van der Waals surface area contributed by atoms with Crippen LogP contribution >= 0.6 is 0 Å². The molecule has 2 unspecified atom stereocenters. The fourth-order valence-corrected chi connectivity index (χ4v) is 2.68. The molecule has 2 atom stereocenters. The first-order valence-corrected chi connectivity index (χ1v) is 6.62. The van der Waals surface area contributed by atoms with Gasteiger partial charge in [-0.2, -0.15) is 0 Å². The number of fused-ring (bicyclic) bond motifs is 1. The molecule has 5 nitrogen and oxygen atoms in total. The molecule has 0 spiro atoms. The minimum Gasteiger partial charge on any atom is -0.451 e. The van der Waals surface area contributed by atoms with Gasteiger partial charge in [-0.15, -0.1) is 0 Å². The van der Waals surface area contributed by atoms with E-state index in [-0.39, 0.29) is 11.8 Å². The van der Waals surface area contributed by atoms with Crippen molar-refractivity contribution >= 4 is 22.8 Å². The van der Waals surface area contributed by atoms with Gasteiger partial charge in [-0.1, -0.05) is 25.1 Å². The molecule has 1 aromatic carbocycles. The summed E-state index contributed by atoms with van der Waals surface area (Å²) in [5, 5.41) is 3.77. The standard InChI is InChI=1S/C15H17N3O2/c1-8-5-4-6-10-11(7-17-12(8)10)9(2)13-14(19)18-15(16-3)20-13/h4-7,9,13,17H,1-3H3,(H,16,18,19). The van der Waals surface area contributed by atoms with Gasteiger partial charge in [-0.25, -0.2) is 4.99 Å². The molecule has 2 N–H and O–H groups in total. The van der Waals surface area contributed by atoms with Crippen molar-refractivity contribution in [3.63, 3.8) is 0 Å². The smallest absolute Gasteiger partial charge is 0.292 e. The molecule has 0 radical (unpaired) electrons. The molecule has 5 heteroatoms. The minimum atomic E-state index is -0.534. The molecule has 1 aromatic heterocycles. The molecule has 104 valence electrons. The van der Waals surface area contributed by atoms with Gasteiger partial charge >= 0.3 is 0 Å². The molecular formula is C15H17N3O2. The number of hydrogen-bond acceptors (Lipinski definition) is 3. The van der Waals surface area contributed by atoms with Crippen molar-refractivity contribution in [3.8, 4) is 0 Å². The van der Waals surface area contributed by atoms with Crippen molar-refractivity contribution in [2.45, 2.75) is 25.9 Å². The van der Waals surface area contributed by atoms with Crippen molar-refractivity contribution in [2.24, 2.45) is 4.99 Å². The van der Waals surface area contributed by atoms with Crippen LogP contribution in [-0.4, -0.2) is 30.1 Å². The summed E-state index contributed by atoms with van der Waals surface area (Å²) >= 11 is 0. The lowest BCUT2D eigenvalue weighted by Crippen LogP contribution is -2.28. The number of rotatable bonds is 2. The Kier molecular flexibility index (Phi) is 2.97. The van der Waals surface area contributed by atoms with Crippen LogP contribution in [0.15, 0.2) is 29.4 Å². The van der Waals surface area contributed by atoms with Crippen LogP contribution in [0.2, 0.25) is 0 Å². The number of aromatic nitrogens is 1. The summed E-state index contributed by atoms with van der Waals surface area (Å²) in [5.74, 6) is -0.190. The molecule has 2 aromatic rings. The van der Waals surface area contributed by atoms with Crippen LogP contribution in [0.1, 0.15) is 24.0 Å². The number of aryl methyl sites for hydroxylation is 1. The molecule has 1 amide bonds. The van der Waals surface area contributed by atoms with E-state index in [0.29, 0.717) is 6.02 Å². The molecular weight excluding hydrogens is 254 g/mol. The van der Waals surface area contributed by atoms with Crippen molar-refractivity contribution in [1.29, 1.82) is 0 Å². The van der Waals surface area contributed by atoms with Gasteiger partial charge in [-0.3, -0.25) is 10.1 Å². The maximum atomic E-state index is 12.0. The summed E-state index contributed by atoms with van der Waals surface area (Å²) in [4.78, 5) is 19.1. The predicted octanol–water partition coefficient (Wildman–Crippen LogP) is 2.08. The predicted molar refractivity (Wildman–Crippen MR) is 77.8 cm³/mol. The lowest BCUT2D eigenvalue weighted by molar-refractivity contribution is -0.124. The normalized spacial score (nSPS) is 22.1. The van der Waals surface area contributed by atoms with Crippen LogP contribution in [0.5, 0.6) is 0 Å². The number of carbonyl (C=O) groups excluding carboxylic acids is 1. The van der Waals surface area contributed by atoms with Gasteiger partial charge in [0.05, 0.1) is 0 Å². The van der Waals surface area contributed by atoms with Gasteiger partial charge in [-0.05, 0) is 18.1 Å². The lowest BCUT2D eigenvalue weighted by atomic mass is 9.94. The first-order chi connectivity index (χ1) is 9.61. The monoisotopic (exact) mass is 271 g/mol. The summed E-state index contributed by atoms with van der Waals surface area (Å²) in [5.41, 5.74) is 3.38. The Hall–Kier alpha value is -2.30. The van der Waals surface area contributed by atoms with E-state index in [1.165, 1.54) is 5.56 Å². The number of amidine groups is 1. The average Bonchev–Trinajstić information content (AvgIpc) is 3.02.